The zero-order valence-electron chi connectivity index (χ0n) is 16.4. The van der Waals surface area contributed by atoms with Crippen molar-refractivity contribution >= 4 is 17.5 Å². The van der Waals surface area contributed by atoms with E-state index in [-0.39, 0.29) is 11.9 Å². The molecule has 0 bridgehead atoms. The van der Waals surface area contributed by atoms with Crippen molar-refractivity contribution in [3.8, 4) is 0 Å². The molecule has 1 atom stereocenters. The molecule has 2 N–H and O–H groups in total. The summed E-state index contributed by atoms with van der Waals surface area (Å²) in [5.74, 6) is 1.13. The van der Waals surface area contributed by atoms with E-state index in [0.29, 0.717) is 11.6 Å². The zero-order valence-corrected chi connectivity index (χ0v) is 17.1. The van der Waals surface area contributed by atoms with Crippen LogP contribution in [0.3, 0.4) is 0 Å². The van der Waals surface area contributed by atoms with Crippen LogP contribution in [0.25, 0.3) is 0 Å². The maximum atomic E-state index is 13.4. The number of rotatable bonds is 6. The van der Waals surface area contributed by atoms with E-state index < -0.39 is 5.41 Å². The van der Waals surface area contributed by atoms with Gasteiger partial charge in [0.15, 0.2) is 11.8 Å². The summed E-state index contributed by atoms with van der Waals surface area (Å²) in [7, 11) is 0. The predicted octanol–water partition coefficient (Wildman–Crippen LogP) is 3.67. The second kappa shape index (κ2) is 8.71. The number of amides is 1. The van der Waals surface area contributed by atoms with E-state index in [1.807, 2.05) is 36.4 Å². The minimum absolute atomic E-state index is 0.153. The lowest BCUT2D eigenvalue weighted by molar-refractivity contribution is -0.936. The van der Waals surface area contributed by atoms with E-state index in [1.165, 1.54) is 24.2 Å². The molecule has 2 heterocycles. The van der Waals surface area contributed by atoms with Crippen molar-refractivity contribution < 1.29 is 14.1 Å². The van der Waals surface area contributed by atoms with Crippen LogP contribution in [0.2, 0.25) is 5.02 Å². The van der Waals surface area contributed by atoms with Crippen molar-refractivity contribution in [3.63, 3.8) is 0 Å². The van der Waals surface area contributed by atoms with Gasteiger partial charge in [0.25, 0.3) is 0 Å². The quantitative estimate of drug-likeness (QED) is 0.775. The van der Waals surface area contributed by atoms with Crippen LogP contribution >= 0.6 is 11.6 Å². The summed E-state index contributed by atoms with van der Waals surface area (Å²) in [6.07, 6.45) is 9.53. The van der Waals surface area contributed by atoms with Gasteiger partial charge in [-0.1, -0.05) is 36.6 Å². The first-order valence-electron chi connectivity index (χ1n) is 10.6. The van der Waals surface area contributed by atoms with Crippen LogP contribution in [-0.2, 0) is 10.2 Å². The van der Waals surface area contributed by atoms with Crippen molar-refractivity contribution in [2.24, 2.45) is 0 Å². The van der Waals surface area contributed by atoms with Gasteiger partial charge < -0.3 is 14.6 Å². The van der Waals surface area contributed by atoms with Gasteiger partial charge in [0.1, 0.15) is 0 Å². The number of quaternary nitrogens is 1. The molecule has 1 saturated heterocycles. The molecule has 2 fully saturated rings. The first-order valence-corrected chi connectivity index (χ1v) is 11.0. The summed E-state index contributed by atoms with van der Waals surface area (Å²) in [6.45, 7) is 2.91. The number of carbonyl (C=O) groups is 1. The third kappa shape index (κ3) is 3.99. The minimum Gasteiger partial charge on any atom is -0.463 e. The molecule has 1 aromatic heterocycles. The molecule has 4 rings (SSSR count). The van der Waals surface area contributed by atoms with E-state index in [2.05, 4.69) is 5.32 Å². The van der Waals surface area contributed by atoms with Crippen LogP contribution in [-0.4, -0.2) is 25.5 Å². The summed E-state index contributed by atoms with van der Waals surface area (Å²) >= 11 is 6.08. The third-order valence-electron chi connectivity index (χ3n) is 6.63. The molecular formula is C23H30ClN2O2+. The van der Waals surface area contributed by atoms with Crippen molar-refractivity contribution in [1.29, 1.82) is 0 Å². The molecule has 4 nitrogen and oxygen atoms in total. The second-order valence-electron chi connectivity index (χ2n) is 8.29. The molecule has 0 unspecified atom stereocenters. The van der Waals surface area contributed by atoms with Crippen LogP contribution in [0, 0.1) is 0 Å². The number of halogens is 1. The Morgan fingerprint density at radius 2 is 1.79 bits per heavy atom. The van der Waals surface area contributed by atoms with Crippen molar-refractivity contribution in [2.75, 3.05) is 19.6 Å². The molecule has 2 aromatic rings. The molecule has 1 aromatic carbocycles. The number of nitrogens with one attached hydrogen (secondary N) is 2. The summed E-state index contributed by atoms with van der Waals surface area (Å²) in [4.78, 5) is 14.9. The maximum absolute atomic E-state index is 13.4. The summed E-state index contributed by atoms with van der Waals surface area (Å²) in [5, 5.41) is 4.02. The molecule has 150 valence electrons. The van der Waals surface area contributed by atoms with E-state index in [9.17, 15) is 4.79 Å². The lowest BCUT2D eigenvalue weighted by Gasteiger charge is -2.33. The van der Waals surface area contributed by atoms with Crippen LogP contribution in [0.4, 0.5) is 0 Å². The standard InChI is InChI=1S/C23H29ClN2O2/c24-19-10-8-18(9-11-19)23(12-2-3-13-23)22(27)25-17-20(21-7-6-16-28-21)26-14-4-1-5-15-26/h6-11,16,20H,1-5,12-15,17H2,(H,25,27)/p+1/t20-/m1/s1. The number of carbonyl (C=O) groups excluding carboxylic acids is 1. The molecule has 5 heteroatoms. The van der Waals surface area contributed by atoms with Gasteiger partial charge in [-0.05, 0) is 61.9 Å². The molecule has 0 spiro atoms. The third-order valence-corrected chi connectivity index (χ3v) is 6.88. The van der Waals surface area contributed by atoms with Crippen LogP contribution in [0.5, 0.6) is 0 Å². The predicted molar refractivity (Wildman–Crippen MR) is 111 cm³/mol. The minimum atomic E-state index is -0.421. The molecule has 1 amide bonds. The Morgan fingerprint density at radius 3 is 2.43 bits per heavy atom. The van der Waals surface area contributed by atoms with Gasteiger partial charge in [-0.3, -0.25) is 4.79 Å². The van der Waals surface area contributed by atoms with E-state index in [1.54, 1.807) is 6.26 Å². The van der Waals surface area contributed by atoms with Crippen molar-refractivity contribution in [1.82, 2.24) is 5.32 Å². The summed E-state index contributed by atoms with van der Waals surface area (Å²) in [6, 6.07) is 12.0. The Morgan fingerprint density at radius 1 is 1.07 bits per heavy atom. The number of likely N-dealkylation sites (tertiary alicyclic amines) is 1. The molecule has 0 radical (unpaired) electrons. The fraction of sp³-hybridized carbons (Fsp3) is 0.522. The Bertz CT molecular complexity index is 760. The normalized spacial score (nSPS) is 20.8. The van der Waals surface area contributed by atoms with Crippen LogP contribution in [0.15, 0.2) is 47.1 Å². The molecule has 1 aliphatic heterocycles. The highest BCUT2D eigenvalue weighted by molar-refractivity contribution is 6.30. The average Bonchev–Trinajstić information content (AvgIpc) is 3.42. The highest BCUT2D eigenvalue weighted by atomic mass is 35.5. The highest BCUT2D eigenvalue weighted by Gasteiger charge is 2.43. The van der Waals surface area contributed by atoms with Gasteiger partial charge in [-0.2, -0.15) is 0 Å². The average molecular weight is 402 g/mol. The van der Waals surface area contributed by atoms with Crippen LogP contribution in [0.1, 0.15) is 62.3 Å². The van der Waals surface area contributed by atoms with Crippen LogP contribution < -0.4 is 10.2 Å². The van der Waals surface area contributed by atoms with Crippen molar-refractivity contribution in [2.45, 2.75) is 56.4 Å². The molecule has 1 aliphatic carbocycles. The zero-order chi connectivity index (χ0) is 19.4. The Labute approximate surface area is 172 Å². The van der Waals surface area contributed by atoms with E-state index in [4.69, 9.17) is 16.0 Å². The number of benzene rings is 1. The van der Waals surface area contributed by atoms with Gasteiger partial charge in [0.05, 0.1) is 31.3 Å². The Hall–Kier alpha value is -1.78. The summed E-state index contributed by atoms with van der Waals surface area (Å²) < 4.78 is 5.74. The fourth-order valence-electron chi connectivity index (χ4n) is 5.05. The van der Waals surface area contributed by atoms with E-state index in [0.717, 1.165) is 50.1 Å². The first-order chi connectivity index (χ1) is 13.7. The SMILES string of the molecule is O=C(NC[C@H](c1ccco1)[NH+]1CCCCC1)C1(c2ccc(Cl)cc2)CCCC1. The van der Waals surface area contributed by atoms with E-state index >= 15 is 0 Å². The van der Waals surface area contributed by atoms with Gasteiger partial charge in [0.2, 0.25) is 5.91 Å². The molecular weight excluding hydrogens is 372 g/mol. The number of hydrogen-bond donors (Lipinski definition) is 2. The maximum Gasteiger partial charge on any atom is 0.230 e. The molecule has 28 heavy (non-hydrogen) atoms. The van der Waals surface area contributed by atoms with Gasteiger partial charge in [-0.25, -0.2) is 0 Å². The molecule has 2 aliphatic rings. The number of piperidine rings is 1. The van der Waals surface area contributed by atoms with Gasteiger partial charge >= 0.3 is 0 Å². The second-order valence-corrected chi connectivity index (χ2v) is 8.73. The topological polar surface area (TPSA) is 46.7 Å². The van der Waals surface area contributed by atoms with Gasteiger partial charge in [0, 0.05) is 5.02 Å². The lowest BCUT2D eigenvalue weighted by Crippen LogP contribution is -3.13. The lowest BCUT2D eigenvalue weighted by atomic mass is 9.78. The van der Waals surface area contributed by atoms with Gasteiger partial charge in [-0.15, -0.1) is 0 Å². The largest absolute Gasteiger partial charge is 0.463 e. The van der Waals surface area contributed by atoms with Crippen molar-refractivity contribution in [3.05, 3.63) is 59.0 Å². The Balaban J connectivity index is 1.51. The number of furan rings is 1. The fourth-order valence-corrected chi connectivity index (χ4v) is 5.17. The highest BCUT2D eigenvalue weighted by Crippen LogP contribution is 2.41. The Kier molecular flexibility index (Phi) is 6.07. The summed E-state index contributed by atoms with van der Waals surface area (Å²) in [5.41, 5.74) is 0.669. The number of hydrogen-bond acceptors (Lipinski definition) is 2. The monoisotopic (exact) mass is 401 g/mol. The first kappa shape index (κ1) is 19.5. The smallest absolute Gasteiger partial charge is 0.230 e. The molecule has 1 saturated carbocycles.